The van der Waals surface area contributed by atoms with E-state index in [1.54, 1.807) is 24.3 Å². The van der Waals surface area contributed by atoms with Crippen LogP contribution >= 0.6 is 8.25 Å². The van der Waals surface area contributed by atoms with Crippen molar-refractivity contribution in [1.82, 2.24) is 9.80 Å². The minimum atomic E-state index is -3.27. The summed E-state index contributed by atoms with van der Waals surface area (Å²) in [6.45, 7) is 2.78. The maximum atomic E-state index is 12.5. The highest BCUT2D eigenvalue weighted by Crippen LogP contribution is 2.35. The van der Waals surface area contributed by atoms with Crippen LogP contribution in [-0.4, -0.2) is 45.9 Å². The number of hydrogen-bond donors (Lipinski definition) is 0. The SMILES string of the molecule is CC(O[PH](=O)OC(C)N1C(=O)c2ccccc2C1=O)N1C(=O)c2ccccc2C1=O. The van der Waals surface area contributed by atoms with Crippen molar-refractivity contribution in [2.75, 3.05) is 0 Å². The van der Waals surface area contributed by atoms with E-state index in [1.165, 1.54) is 38.1 Å². The van der Waals surface area contributed by atoms with Gasteiger partial charge < -0.3 is 0 Å². The Labute approximate surface area is 172 Å². The number of hydrogen-bond acceptors (Lipinski definition) is 7. The van der Waals surface area contributed by atoms with Gasteiger partial charge in [-0.3, -0.25) is 32.8 Å². The molecule has 154 valence electrons. The summed E-state index contributed by atoms with van der Waals surface area (Å²) in [4.78, 5) is 51.6. The summed E-state index contributed by atoms with van der Waals surface area (Å²) in [6, 6.07) is 12.6. The molecule has 2 aliphatic heterocycles. The Morgan fingerprint density at radius 3 is 1.17 bits per heavy atom. The molecular weight excluding hydrogens is 411 g/mol. The Balaban J connectivity index is 1.42. The third kappa shape index (κ3) is 3.17. The molecule has 0 radical (unpaired) electrons. The molecule has 2 aromatic rings. The van der Waals surface area contributed by atoms with E-state index in [1.807, 2.05) is 0 Å². The smallest absolute Gasteiger partial charge is 0.286 e. The van der Waals surface area contributed by atoms with E-state index in [-0.39, 0.29) is 22.3 Å². The van der Waals surface area contributed by atoms with Crippen LogP contribution < -0.4 is 0 Å². The molecule has 9 nitrogen and oxygen atoms in total. The van der Waals surface area contributed by atoms with Crippen molar-refractivity contribution < 1.29 is 32.8 Å². The first-order valence-electron chi connectivity index (χ1n) is 9.12. The first-order valence-corrected chi connectivity index (χ1v) is 10.3. The standard InChI is InChI=1S/C20H17N2O7P/c1-11(21-17(23)13-7-3-4-8-14(13)18(21)24)28-30(27)29-12(2)22-19(25)15-9-5-6-10-16(15)20(22)26/h3-12,30H,1-2H3. The molecule has 4 amide bonds. The van der Waals surface area contributed by atoms with Gasteiger partial charge in [-0.25, -0.2) is 9.80 Å². The van der Waals surface area contributed by atoms with Gasteiger partial charge in [0.15, 0.2) is 0 Å². The fraction of sp³-hybridized carbons (Fsp3) is 0.200. The predicted molar refractivity (Wildman–Crippen MR) is 104 cm³/mol. The van der Waals surface area contributed by atoms with Gasteiger partial charge in [-0.15, -0.1) is 0 Å². The maximum Gasteiger partial charge on any atom is 0.323 e. The van der Waals surface area contributed by atoms with Crippen molar-refractivity contribution in [1.29, 1.82) is 0 Å². The maximum absolute atomic E-state index is 12.5. The van der Waals surface area contributed by atoms with Gasteiger partial charge in [-0.05, 0) is 38.1 Å². The van der Waals surface area contributed by atoms with Crippen molar-refractivity contribution in [3.63, 3.8) is 0 Å². The molecule has 0 aromatic heterocycles. The van der Waals surface area contributed by atoms with E-state index in [0.29, 0.717) is 0 Å². The van der Waals surface area contributed by atoms with Crippen LogP contribution in [0.25, 0.3) is 0 Å². The summed E-state index contributed by atoms with van der Waals surface area (Å²) in [7, 11) is -3.27. The summed E-state index contributed by atoms with van der Waals surface area (Å²) in [5.41, 5.74) is 0.937. The zero-order chi connectivity index (χ0) is 21.6. The lowest BCUT2D eigenvalue weighted by atomic mass is 10.1. The normalized spacial score (nSPS) is 18.5. The highest BCUT2D eigenvalue weighted by molar-refractivity contribution is 7.33. The van der Waals surface area contributed by atoms with E-state index in [4.69, 9.17) is 9.05 Å². The second-order valence-electron chi connectivity index (χ2n) is 6.74. The zero-order valence-electron chi connectivity index (χ0n) is 16.0. The number of fused-ring (bicyclic) bond motifs is 2. The summed E-state index contributed by atoms with van der Waals surface area (Å²) in [5, 5.41) is 0. The van der Waals surface area contributed by atoms with Crippen molar-refractivity contribution >= 4 is 31.9 Å². The fourth-order valence-corrected chi connectivity index (χ4v) is 4.31. The van der Waals surface area contributed by atoms with Crippen LogP contribution in [0.1, 0.15) is 55.3 Å². The van der Waals surface area contributed by atoms with Crippen molar-refractivity contribution in [2.45, 2.75) is 26.3 Å². The molecule has 2 aliphatic rings. The predicted octanol–water partition coefficient (Wildman–Crippen LogP) is 2.69. The Bertz CT molecular complexity index is 960. The van der Waals surface area contributed by atoms with Gasteiger partial charge in [0.05, 0.1) is 22.3 Å². The van der Waals surface area contributed by atoms with E-state index < -0.39 is 44.3 Å². The molecule has 0 N–H and O–H groups in total. The van der Waals surface area contributed by atoms with Crippen LogP contribution in [0.2, 0.25) is 0 Å². The molecule has 4 rings (SSSR count). The lowest BCUT2D eigenvalue weighted by Gasteiger charge is -2.25. The third-order valence-electron chi connectivity index (χ3n) is 4.91. The highest BCUT2D eigenvalue weighted by Gasteiger charge is 2.41. The molecule has 0 aliphatic carbocycles. The molecule has 30 heavy (non-hydrogen) atoms. The summed E-state index contributed by atoms with van der Waals surface area (Å²) in [5.74, 6) is -2.25. The monoisotopic (exact) mass is 428 g/mol. The summed E-state index contributed by atoms with van der Waals surface area (Å²) in [6.07, 6.45) is -2.34. The van der Waals surface area contributed by atoms with E-state index in [2.05, 4.69) is 0 Å². The lowest BCUT2D eigenvalue weighted by molar-refractivity contribution is 0.0114. The van der Waals surface area contributed by atoms with Gasteiger partial charge in [0.25, 0.3) is 23.6 Å². The summed E-state index contributed by atoms with van der Waals surface area (Å²) < 4.78 is 22.9. The lowest BCUT2D eigenvalue weighted by Crippen LogP contribution is -2.40. The molecule has 0 spiro atoms. The van der Waals surface area contributed by atoms with Gasteiger partial charge >= 0.3 is 8.25 Å². The molecule has 10 heteroatoms. The van der Waals surface area contributed by atoms with Crippen LogP contribution in [0.4, 0.5) is 0 Å². The van der Waals surface area contributed by atoms with Crippen LogP contribution in [0.5, 0.6) is 0 Å². The number of rotatable bonds is 6. The number of imide groups is 2. The van der Waals surface area contributed by atoms with Crippen molar-refractivity contribution in [2.24, 2.45) is 0 Å². The van der Waals surface area contributed by atoms with E-state index in [9.17, 15) is 23.7 Å². The molecule has 0 saturated carbocycles. The van der Waals surface area contributed by atoms with E-state index >= 15 is 0 Å². The fourth-order valence-electron chi connectivity index (χ4n) is 3.49. The number of nitrogens with zero attached hydrogens (tertiary/aromatic N) is 2. The topological polar surface area (TPSA) is 110 Å². The number of amides is 4. The van der Waals surface area contributed by atoms with Gasteiger partial charge in [0.1, 0.15) is 12.5 Å². The van der Waals surface area contributed by atoms with Gasteiger partial charge in [-0.2, -0.15) is 0 Å². The Kier molecular flexibility index (Phi) is 5.11. The van der Waals surface area contributed by atoms with Crippen molar-refractivity contribution in [3.05, 3.63) is 70.8 Å². The molecule has 2 heterocycles. The van der Waals surface area contributed by atoms with Gasteiger partial charge in [-0.1, -0.05) is 24.3 Å². The highest BCUT2D eigenvalue weighted by atomic mass is 31.1. The largest absolute Gasteiger partial charge is 0.323 e. The Hall–Kier alpha value is -3.13. The van der Waals surface area contributed by atoms with Gasteiger partial charge in [0, 0.05) is 0 Å². The van der Waals surface area contributed by atoms with Crippen LogP contribution in [0, 0.1) is 0 Å². The molecule has 2 unspecified atom stereocenters. The van der Waals surface area contributed by atoms with Gasteiger partial charge in [0.2, 0.25) is 0 Å². The van der Waals surface area contributed by atoms with Crippen LogP contribution in [-0.2, 0) is 13.6 Å². The molecule has 0 saturated heterocycles. The number of carbonyl (C=O) groups excluding carboxylic acids is 4. The van der Waals surface area contributed by atoms with E-state index in [0.717, 1.165) is 9.80 Å². The molecule has 2 aromatic carbocycles. The number of carbonyl (C=O) groups is 4. The Morgan fingerprint density at radius 2 is 0.900 bits per heavy atom. The minimum absolute atomic E-state index is 0.234. The quantitative estimate of drug-likeness (QED) is 0.514. The third-order valence-corrected chi connectivity index (χ3v) is 5.98. The summed E-state index contributed by atoms with van der Waals surface area (Å²) >= 11 is 0. The average Bonchev–Trinajstić information content (AvgIpc) is 3.13. The Morgan fingerprint density at radius 1 is 0.633 bits per heavy atom. The zero-order valence-corrected chi connectivity index (χ0v) is 17.0. The molecule has 2 atom stereocenters. The molecule has 0 bridgehead atoms. The first kappa shape index (κ1) is 20.2. The minimum Gasteiger partial charge on any atom is -0.286 e. The van der Waals surface area contributed by atoms with Crippen LogP contribution in [0.15, 0.2) is 48.5 Å². The van der Waals surface area contributed by atoms with Crippen molar-refractivity contribution in [3.8, 4) is 0 Å². The average molecular weight is 428 g/mol. The number of benzene rings is 2. The van der Waals surface area contributed by atoms with Crippen LogP contribution in [0.3, 0.4) is 0 Å². The second kappa shape index (κ2) is 7.60. The molecular formula is C20H17N2O7P. The second-order valence-corrected chi connectivity index (χ2v) is 7.71. The molecule has 0 fully saturated rings. The first-order chi connectivity index (χ1) is 14.3.